The Labute approximate surface area is 119 Å². The molecule has 0 amide bonds. The predicted molar refractivity (Wildman–Crippen MR) is 74.9 cm³/mol. The molecule has 6 heteroatoms. The highest BCUT2D eigenvalue weighted by Gasteiger charge is 2.51. The van der Waals surface area contributed by atoms with E-state index in [4.69, 9.17) is 9.47 Å². The summed E-state index contributed by atoms with van der Waals surface area (Å²) in [6, 6.07) is 0. The first kappa shape index (κ1) is 16.5. The molecule has 1 rings (SSSR count). The second-order valence-corrected chi connectivity index (χ2v) is 5.07. The molecule has 0 saturated carbocycles. The zero-order chi connectivity index (χ0) is 15.3. The number of esters is 2. The summed E-state index contributed by atoms with van der Waals surface area (Å²) in [5.74, 6) is -1.42. The largest absolute Gasteiger partial charge is 0.462 e. The summed E-state index contributed by atoms with van der Waals surface area (Å²) >= 11 is 0. The third-order valence-corrected chi connectivity index (χ3v) is 3.77. The van der Waals surface area contributed by atoms with Gasteiger partial charge in [0, 0.05) is 11.8 Å². The summed E-state index contributed by atoms with van der Waals surface area (Å²) in [6.45, 7) is 9.51. The van der Waals surface area contributed by atoms with Crippen LogP contribution in [0.4, 0.5) is 0 Å². The maximum absolute atomic E-state index is 12.2. The van der Waals surface area contributed by atoms with Gasteiger partial charge < -0.3 is 9.47 Å². The van der Waals surface area contributed by atoms with Crippen LogP contribution in [0.1, 0.15) is 47.5 Å². The highest BCUT2D eigenvalue weighted by Crippen LogP contribution is 2.28. The van der Waals surface area contributed by atoms with Crippen molar-refractivity contribution in [3.63, 3.8) is 0 Å². The van der Waals surface area contributed by atoms with Crippen molar-refractivity contribution >= 4 is 17.7 Å². The zero-order valence-electron chi connectivity index (χ0n) is 12.9. The van der Waals surface area contributed by atoms with Gasteiger partial charge in [-0.1, -0.05) is 27.7 Å². The molecule has 6 nitrogen and oxygen atoms in total. The first-order chi connectivity index (χ1) is 9.42. The summed E-state index contributed by atoms with van der Waals surface area (Å²) in [5.41, 5.74) is 1.53. The molecule has 0 aliphatic carbocycles. The summed E-state index contributed by atoms with van der Waals surface area (Å²) in [7, 11) is 0. The molecule has 0 unspecified atom stereocenters. The maximum Gasteiger partial charge on any atom is 0.374 e. The highest BCUT2D eigenvalue weighted by atomic mass is 16.6. The lowest BCUT2D eigenvalue weighted by Crippen LogP contribution is -2.62. The van der Waals surface area contributed by atoms with Crippen LogP contribution in [-0.4, -0.2) is 30.0 Å². The van der Waals surface area contributed by atoms with Crippen molar-refractivity contribution in [1.29, 1.82) is 0 Å². The number of hydrogen-bond acceptors (Lipinski definition) is 6. The van der Waals surface area contributed by atoms with Gasteiger partial charge in [-0.2, -0.15) is 5.10 Å². The number of hydrogen-bond donors (Lipinski definition) is 1. The fourth-order valence-corrected chi connectivity index (χ4v) is 1.94. The molecule has 1 heterocycles. The molecule has 114 valence electrons. The van der Waals surface area contributed by atoms with Crippen molar-refractivity contribution in [2.75, 3.05) is 6.61 Å². The van der Waals surface area contributed by atoms with Gasteiger partial charge in [0.15, 0.2) is 0 Å². The third kappa shape index (κ3) is 2.94. The second kappa shape index (κ2) is 6.72. The molecule has 0 aromatic rings. The number of carbonyl (C=O) groups is 2. The summed E-state index contributed by atoms with van der Waals surface area (Å²) in [4.78, 5) is 24.3. The van der Waals surface area contributed by atoms with Gasteiger partial charge in [0.2, 0.25) is 0 Å². The molecule has 3 atom stereocenters. The quantitative estimate of drug-likeness (QED) is 0.753. The number of nitrogens with zero attached hydrogens (tertiary/aromatic N) is 1. The van der Waals surface area contributed by atoms with Crippen molar-refractivity contribution < 1.29 is 19.1 Å². The van der Waals surface area contributed by atoms with E-state index in [2.05, 4.69) is 10.5 Å². The average molecular weight is 284 g/mol. The van der Waals surface area contributed by atoms with E-state index in [-0.39, 0.29) is 18.4 Å². The first-order valence-corrected chi connectivity index (χ1v) is 7.18. The monoisotopic (exact) mass is 284 g/mol. The number of rotatable bonds is 6. The molecule has 0 aromatic carbocycles. The Morgan fingerprint density at radius 1 is 1.35 bits per heavy atom. The molecule has 0 fully saturated rings. The van der Waals surface area contributed by atoms with Crippen molar-refractivity contribution in [1.82, 2.24) is 5.43 Å². The lowest BCUT2D eigenvalue weighted by Gasteiger charge is -2.38. The Balaban J connectivity index is 3.09. The van der Waals surface area contributed by atoms with E-state index in [1.54, 1.807) is 6.92 Å². The Morgan fingerprint density at radius 2 is 2.00 bits per heavy atom. The van der Waals surface area contributed by atoms with Crippen molar-refractivity contribution in [2.24, 2.45) is 16.9 Å². The molecule has 0 saturated heterocycles. The minimum Gasteiger partial charge on any atom is -0.462 e. The van der Waals surface area contributed by atoms with Crippen LogP contribution in [0, 0.1) is 11.8 Å². The molecule has 1 N–H and O–H groups in total. The van der Waals surface area contributed by atoms with Gasteiger partial charge in [-0.3, -0.25) is 5.43 Å². The Morgan fingerprint density at radius 3 is 2.45 bits per heavy atom. The van der Waals surface area contributed by atoms with E-state index >= 15 is 0 Å². The van der Waals surface area contributed by atoms with Gasteiger partial charge in [-0.15, -0.1) is 0 Å². The van der Waals surface area contributed by atoms with Gasteiger partial charge >= 0.3 is 11.9 Å². The first-order valence-electron chi connectivity index (χ1n) is 7.18. The molecular weight excluding hydrogens is 260 g/mol. The molecule has 1 aliphatic rings. The fraction of sp³-hybridized carbons (Fsp3) is 0.786. The van der Waals surface area contributed by atoms with Crippen LogP contribution in [0.15, 0.2) is 5.10 Å². The summed E-state index contributed by atoms with van der Waals surface area (Å²) in [5, 5.41) is 4.10. The van der Waals surface area contributed by atoms with Gasteiger partial charge in [0.1, 0.15) is 5.71 Å². The number of carbonyl (C=O) groups excluding carboxylic acids is 2. The minimum atomic E-state index is -1.52. The van der Waals surface area contributed by atoms with E-state index in [0.29, 0.717) is 12.1 Å². The van der Waals surface area contributed by atoms with Gasteiger partial charge in [0.05, 0.1) is 6.61 Å². The Hall–Kier alpha value is -1.59. The van der Waals surface area contributed by atoms with E-state index in [0.717, 1.165) is 6.42 Å². The number of cyclic esters (lactones) is 1. The van der Waals surface area contributed by atoms with E-state index in [1.165, 1.54) is 0 Å². The summed E-state index contributed by atoms with van der Waals surface area (Å²) < 4.78 is 10.5. The highest BCUT2D eigenvalue weighted by molar-refractivity contribution is 6.37. The lowest BCUT2D eigenvalue weighted by molar-refractivity contribution is -0.193. The van der Waals surface area contributed by atoms with Gasteiger partial charge in [0.25, 0.3) is 5.72 Å². The summed E-state index contributed by atoms with van der Waals surface area (Å²) in [6.07, 6.45) is 1.42. The van der Waals surface area contributed by atoms with Crippen LogP contribution in [0.3, 0.4) is 0 Å². The maximum atomic E-state index is 12.2. The molecule has 0 bridgehead atoms. The Bertz CT molecular complexity index is 408. The average Bonchev–Trinajstić information content (AvgIpc) is 2.45. The van der Waals surface area contributed by atoms with Crippen LogP contribution in [0.5, 0.6) is 0 Å². The standard InChI is InChI=1S/C14H24N2O4/c1-6-9(4)11-12(17)20-14(16-15-11,10(5)7-2)13(18)19-8-3/h9-10,16H,6-8H2,1-5H3/t9-,10-,14+/m0/s1. The zero-order valence-corrected chi connectivity index (χ0v) is 12.9. The number of nitrogens with one attached hydrogen (secondary N) is 1. The van der Waals surface area contributed by atoms with E-state index in [1.807, 2.05) is 27.7 Å². The minimum absolute atomic E-state index is 0.0212. The fourth-order valence-electron chi connectivity index (χ4n) is 1.94. The van der Waals surface area contributed by atoms with Crippen molar-refractivity contribution in [3.8, 4) is 0 Å². The molecular formula is C14H24N2O4. The number of ether oxygens (including phenoxy) is 2. The molecule has 0 radical (unpaired) electrons. The Kier molecular flexibility index (Phi) is 5.53. The van der Waals surface area contributed by atoms with Gasteiger partial charge in [-0.25, -0.2) is 9.59 Å². The topological polar surface area (TPSA) is 77.0 Å². The van der Waals surface area contributed by atoms with E-state index < -0.39 is 17.7 Å². The molecule has 1 aliphatic heterocycles. The van der Waals surface area contributed by atoms with Crippen LogP contribution in [-0.2, 0) is 19.1 Å². The van der Waals surface area contributed by atoms with Crippen LogP contribution < -0.4 is 5.43 Å². The van der Waals surface area contributed by atoms with Gasteiger partial charge in [-0.05, 0) is 19.8 Å². The SMILES string of the molecule is CCOC(=O)[C@]1([C@@H](C)CC)NN=C([C@@H](C)CC)C(=O)O1. The smallest absolute Gasteiger partial charge is 0.374 e. The van der Waals surface area contributed by atoms with Crippen LogP contribution in [0.25, 0.3) is 0 Å². The normalized spacial score (nSPS) is 25.1. The van der Waals surface area contributed by atoms with Crippen LogP contribution >= 0.6 is 0 Å². The van der Waals surface area contributed by atoms with Crippen LogP contribution in [0.2, 0.25) is 0 Å². The molecule has 0 aromatic heterocycles. The van der Waals surface area contributed by atoms with E-state index in [9.17, 15) is 9.59 Å². The second-order valence-electron chi connectivity index (χ2n) is 5.07. The molecule has 0 spiro atoms. The van der Waals surface area contributed by atoms with Crippen molar-refractivity contribution in [2.45, 2.75) is 53.2 Å². The van der Waals surface area contributed by atoms with Crippen molar-refractivity contribution in [3.05, 3.63) is 0 Å². The molecule has 20 heavy (non-hydrogen) atoms. The predicted octanol–water partition coefficient (Wildman–Crippen LogP) is 1.84. The lowest BCUT2D eigenvalue weighted by atomic mass is 9.94. The number of hydrazone groups is 1. The third-order valence-electron chi connectivity index (χ3n) is 3.77.